The number of nitrogens with zero attached hydrogens (tertiary/aromatic N) is 2. The summed E-state index contributed by atoms with van der Waals surface area (Å²) in [5.74, 6) is 0.302. The summed E-state index contributed by atoms with van der Waals surface area (Å²) >= 11 is 12.2. The van der Waals surface area contributed by atoms with Crippen molar-refractivity contribution in [1.82, 2.24) is 5.43 Å². The Labute approximate surface area is 220 Å². The van der Waals surface area contributed by atoms with Crippen molar-refractivity contribution in [2.24, 2.45) is 5.10 Å². The van der Waals surface area contributed by atoms with Crippen molar-refractivity contribution < 1.29 is 9.53 Å². The number of hydrazone groups is 1. The lowest BCUT2D eigenvalue weighted by Gasteiger charge is -2.17. The van der Waals surface area contributed by atoms with Crippen molar-refractivity contribution in [3.05, 3.63) is 90.4 Å². The van der Waals surface area contributed by atoms with Crippen LogP contribution in [0, 0.1) is 3.57 Å². The maximum atomic E-state index is 12.4. The monoisotopic (exact) mass is 637 g/mol. The second-order valence-corrected chi connectivity index (χ2v) is 10.2. The molecule has 0 saturated carbocycles. The minimum atomic E-state index is -0.262. The number of carbonyl (C=O) groups is 1. The van der Waals surface area contributed by atoms with Crippen molar-refractivity contribution in [1.29, 1.82) is 0 Å². The normalized spacial score (nSPS) is 13.5. The molecular formula is C25H22BrClIN3O2. The summed E-state index contributed by atoms with van der Waals surface area (Å²) in [7, 11) is 0. The van der Waals surface area contributed by atoms with Gasteiger partial charge in [0.25, 0.3) is 5.91 Å². The molecule has 33 heavy (non-hydrogen) atoms. The molecule has 0 radical (unpaired) electrons. The average molecular weight is 639 g/mol. The molecule has 0 spiro atoms. The number of halogens is 3. The first-order valence-corrected chi connectivity index (χ1v) is 12.8. The second kappa shape index (κ2) is 11.4. The van der Waals surface area contributed by atoms with Crippen LogP contribution in [0.2, 0.25) is 5.02 Å². The summed E-state index contributed by atoms with van der Waals surface area (Å²) < 4.78 is 7.78. The number of benzene rings is 3. The van der Waals surface area contributed by atoms with Crippen LogP contribution in [0.15, 0.2) is 70.2 Å². The molecule has 1 heterocycles. The van der Waals surface area contributed by atoms with Crippen molar-refractivity contribution in [2.75, 3.05) is 18.0 Å². The van der Waals surface area contributed by atoms with Gasteiger partial charge in [-0.25, -0.2) is 5.43 Å². The number of amides is 1. The molecule has 1 saturated heterocycles. The summed E-state index contributed by atoms with van der Waals surface area (Å²) in [6, 6.07) is 19.3. The zero-order valence-electron chi connectivity index (χ0n) is 17.7. The molecule has 1 fully saturated rings. The van der Waals surface area contributed by atoms with Crippen LogP contribution in [-0.2, 0) is 6.61 Å². The van der Waals surface area contributed by atoms with Crippen LogP contribution < -0.4 is 15.1 Å². The van der Waals surface area contributed by atoms with Gasteiger partial charge in [0.1, 0.15) is 6.61 Å². The molecule has 0 bridgehead atoms. The molecule has 8 heteroatoms. The molecule has 4 rings (SSSR count). The number of carbonyl (C=O) groups excluding carboxylic acids is 1. The van der Waals surface area contributed by atoms with Gasteiger partial charge in [0, 0.05) is 27.9 Å². The van der Waals surface area contributed by atoms with E-state index in [4.69, 9.17) is 16.3 Å². The largest absolute Gasteiger partial charge is 0.486 e. The number of ether oxygens (including phenoxy) is 1. The topological polar surface area (TPSA) is 53.9 Å². The molecule has 0 atom stereocenters. The van der Waals surface area contributed by atoms with Gasteiger partial charge in [0.05, 0.1) is 15.7 Å². The van der Waals surface area contributed by atoms with Crippen molar-refractivity contribution in [3.63, 3.8) is 0 Å². The van der Waals surface area contributed by atoms with E-state index in [1.807, 2.05) is 54.6 Å². The predicted molar refractivity (Wildman–Crippen MR) is 146 cm³/mol. The molecule has 170 valence electrons. The maximum absolute atomic E-state index is 12.4. The van der Waals surface area contributed by atoms with Gasteiger partial charge in [-0.05, 0) is 111 Å². The molecule has 0 unspecified atom stereocenters. The summed E-state index contributed by atoms with van der Waals surface area (Å²) in [5, 5.41) is 4.53. The Morgan fingerprint density at radius 3 is 2.48 bits per heavy atom. The van der Waals surface area contributed by atoms with Gasteiger partial charge in [-0.2, -0.15) is 5.10 Å². The number of nitrogens with one attached hydrogen (secondary N) is 1. The highest BCUT2D eigenvalue weighted by Gasteiger charge is 2.13. The first-order chi connectivity index (χ1) is 16.0. The van der Waals surface area contributed by atoms with Gasteiger partial charge in [0.15, 0.2) is 5.75 Å². The lowest BCUT2D eigenvalue weighted by molar-refractivity contribution is 0.0955. The standard InChI is InChI=1S/C25H22BrClIN3O2/c26-22-13-18(14-23(27)24(22)33-16-17-3-7-20(28)8-4-17)15-29-30-25(32)19-5-9-21(10-6-19)31-11-1-2-12-31/h3-10,13-15H,1-2,11-12,16H2,(H,30,32)/b29-15-. The van der Waals surface area contributed by atoms with Gasteiger partial charge in [0.2, 0.25) is 0 Å². The van der Waals surface area contributed by atoms with Crippen LogP contribution >= 0.6 is 50.1 Å². The van der Waals surface area contributed by atoms with E-state index >= 15 is 0 Å². The molecule has 0 aromatic heterocycles. The predicted octanol–water partition coefficient (Wildman–Crippen LogP) is 6.65. The van der Waals surface area contributed by atoms with Gasteiger partial charge in [-0.1, -0.05) is 23.7 Å². The highest BCUT2D eigenvalue weighted by Crippen LogP contribution is 2.34. The minimum Gasteiger partial charge on any atom is -0.486 e. The van der Waals surface area contributed by atoms with E-state index in [1.165, 1.54) is 16.4 Å². The number of anilines is 1. The van der Waals surface area contributed by atoms with Crippen LogP contribution in [0.1, 0.15) is 34.3 Å². The molecule has 1 N–H and O–H groups in total. The SMILES string of the molecule is O=C(N/N=C\c1cc(Cl)c(OCc2ccc(I)cc2)c(Br)c1)c1ccc(N2CCCC2)cc1. The Morgan fingerprint density at radius 1 is 1.12 bits per heavy atom. The van der Waals surface area contributed by atoms with Crippen LogP contribution in [0.3, 0.4) is 0 Å². The Balaban J connectivity index is 1.34. The third-order valence-electron chi connectivity index (χ3n) is 5.30. The molecule has 3 aromatic rings. The van der Waals surface area contributed by atoms with Gasteiger partial charge >= 0.3 is 0 Å². The smallest absolute Gasteiger partial charge is 0.271 e. The Hall–Kier alpha value is -2.10. The van der Waals surface area contributed by atoms with E-state index < -0.39 is 0 Å². The van der Waals surface area contributed by atoms with Crippen LogP contribution in [0.25, 0.3) is 0 Å². The third-order valence-corrected chi connectivity index (χ3v) is 6.89. The fourth-order valence-corrected chi connectivity index (χ4v) is 4.91. The van der Waals surface area contributed by atoms with Gasteiger partial charge in [-0.15, -0.1) is 0 Å². The van der Waals surface area contributed by atoms with Crippen LogP contribution in [0.4, 0.5) is 5.69 Å². The van der Waals surface area contributed by atoms with Gasteiger partial charge in [-0.3, -0.25) is 4.79 Å². The third kappa shape index (κ3) is 6.49. The first kappa shape index (κ1) is 24.0. The molecule has 3 aromatic carbocycles. The molecule has 5 nitrogen and oxygen atoms in total. The Morgan fingerprint density at radius 2 is 1.82 bits per heavy atom. The second-order valence-electron chi connectivity index (χ2n) is 7.67. The summed E-state index contributed by atoms with van der Waals surface area (Å²) in [5.41, 5.74) is 6.07. The van der Waals surface area contributed by atoms with Crippen LogP contribution in [0.5, 0.6) is 5.75 Å². The summed E-state index contributed by atoms with van der Waals surface area (Å²) in [4.78, 5) is 14.7. The Kier molecular flexibility index (Phi) is 8.27. The highest BCUT2D eigenvalue weighted by atomic mass is 127. The first-order valence-electron chi connectivity index (χ1n) is 10.5. The van der Waals surface area contributed by atoms with E-state index in [2.05, 4.69) is 53.9 Å². The zero-order chi connectivity index (χ0) is 23.2. The number of hydrogen-bond donors (Lipinski definition) is 1. The Bertz CT molecular complexity index is 1120. The molecule has 0 aliphatic carbocycles. The lowest BCUT2D eigenvalue weighted by Crippen LogP contribution is -2.19. The quantitative estimate of drug-likeness (QED) is 0.179. The van der Waals surface area contributed by atoms with E-state index in [9.17, 15) is 4.79 Å². The van der Waals surface area contributed by atoms with Crippen molar-refractivity contribution in [2.45, 2.75) is 19.4 Å². The van der Waals surface area contributed by atoms with Crippen LogP contribution in [-0.4, -0.2) is 25.2 Å². The fraction of sp³-hybridized carbons (Fsp3) is 0.200. The lowest BCUT2D eigenvalue weighted by atomic mass is 10.2. The molecule has 1 aliphatic rings. The average Bonchev–Trinajstić information content (AvgIpc) is 3.35. The fourth-order valence-electron chi connectivity index (χ4n) is 3.56. The highest BCUT2D eigenvalue weighted by molar-refractivity contribution is 14.1. The molecule has 1 aliphatic heterocycles. The van der Waals surface area contributed by atoms with Gasteiger partial charge < -0.3 is 9.64 Å². The van der Waals surface area contributed by atoms with Crippen molar-refractivity contribution in [3.8, 4) is 5.75 Å². The molecular weight excluding hydrogens is 617 g/mol. The van der Waals surface area contributed by atoms with E-state index in [1.54, 1.807) is 12.3 Å². The van der Waals surface area contributed by atoms with E-state index in [0.29, 0.717) is 27.4 Å². The summed E-state index contributed by atoms with van der Waals surface area (Å²) in [6.45, 7) is 2.56. The van der Waals surface area contributed by atoms with E-state index in [0.717, 1.165) is 29.9 Å². The molecule has 1 amide bonds. The van der Waals surface area contributed by atoms with E-state index in [-0.39, 0.29) is 5.91 Å². The zero-order valence-corrected chi connectivity index (χ0v) is 22.2. The van der Waals surface area contributed by atoms with Crippen molar-refractivity contribution >= 4 is 67.9 Å². The maximum Gasteiger partial charge on any atom is 0.271 e. The summed E-state index contributed by atoms with van der Waals surface area (Å²) in [6.07, 6.45) is 3.99. The number of hydrogen-bond acceptors (Lipinski definition) is 4. The number of rotatable bonds is 7. The minimum absolute atomic E-state index is 0.262.